The number of fused-ring (bicyclic) bond motifs is 1. The van der Waals surface area contributed by atoms with Gasteiger partial charge >= 0.3 is 0 Å². The summed E-state index contributed by atoms with van der Waals surface area (Å²) in [4.78, 5) is 0. The summed E-state index contributed by atoms with van der Waals surface area (Å²) in [5, 5.41) is 11.4. The molecule has 2 aromatic rings. The van der Waals surface area contributed by atoms with Gasteiger partial charge < -0.3 is 14.6 Å². The first kappa shape index (κ1) is 25.0. The van der Waals surface area contributed by atoms with Gasteiger partial charge in [-0.1, -0.05) is 97.7 Å². The Morgan fingerprint density at radius 3 is 2.09 bits per heavy atom. The molecule has 0 bridgehead atoms. The Morgan fingerprint density at radius 1 is 0.939 bits per heavy atom. The summed E-state index contributed by atoms with van der Waals surface area (Å²) in [6.07, 6.45) is 7.28. The van der Waals surface area contributed by atoms with E-state index in [1.54, 1.807) is 7.11 Å². The van der Waals surface area contributed by atoms with Gasteiger partial charge in [-0.15, -0.1) is 0 Å². The molecule has 3 rings (SSSR count). The SMILES string of the molecule is CCCC[C@H]1/C(=C(/O)Oc2c(C(C)(C)C)cc(OC)cc2C(C)(C)C)C=Cc2ccccc21. The standard InChI is InChI=1S/C30H40O3/c1-9-10-14-23-22-15-12-11-13-20(22)16-17-24(23)28(31)33-27-25(29(2,3)4)18-21(32-8)19-26(27)30(5,6)7/h11-13,15-19,23,31H,9-10,14H2,1-8H3/b28-24-/t23-/m1/s1. The normalized spacial score (nSPS) is 17.5. The molecule has 0 saturated carbocycles. The van der Waals surface area contributed by atoms with E-state index >= 15 is 0 Å². The first-order chi connectivity index (χ1) is 15.5. The zero-order valence-corrected chi connectivity index (χ0v) is 21.6. The maximum Gasteiger partial charge on any atom is 0.286 e. The van der Waals surface area contributed by atoms with Gasteiger partial charge in [0.1, 0.15) is 11.5 Å². The lowest BCUT2D eigenvalue weighted by molar-refractivity contribution is 0.194. The van der Waals surface area contributed by atoms with E-state index in [0.717, 1.165) is 47.5 Å². The van der Waals surface area contributed by atoms with Crippen LogP contribution in [0.3, 0.4) is 0 Å². The molecule has 0 aliphatic heterocycles. The van der Waals surface area contributed by atoms with E-state index in [0.29, 0.717) is 0 Å². The number of allylic oxidation sites excluding steroid dienone is 2. The van der Waals surface area contributed by atoms with E-state index in [9.17, 15) is 5.11 Å². The van der Waals surface area contributed by atoms with Crippen molar-refractivity contribution in [3.63, 3.8) is 0 Å². The number of ether oxygens (including phenoxy) is 2. The molecule has 1 aliphatic rings. The van der Waals surface area contributed by atoms with E-state index in [1.165, 1.54) is 11.1 Å². The average Bonchev–Trinajstić information content (AvgIpc) is 2.75. The smallest absolute Gasteiger partial charge is 0.286 e. The van der Waals surface area contributed by atoms with Crippen LogP contribution in [0.4, 0.5) is 0 Å². The summed E-state index contributed by atoms with van der Waals surface area (Å²) >= 11 is 0. The highest BCUT2D eigenvalue weighted by atomic mass is 16.6. The molecule has 1 aliphatic carbocycles. The molecule has 3 nitrogen and oxygen atoms in total. The first-order valence-electron chi connectivity index (χ1n) is 12.1. The lowest BCUT2D eigenvalue weighted by atomic mass is 9.79. The van der Waals surface area contributed by atoms with Crippen molar-refractivity contribution in [1.82, 2.24) is 0 Å². The maximum atomic E-state index is 11.4. The van der Waals surface area contributed by atoms with Crippen LogP contribution in [0, 0.1) is 0 Å². The number of benzene rings is 2. The second-order valence-electron chi connectivity index (χ2n) is 11.1. The highest BCUT2D eigenvalue weighted by molar-refractivity contribution is 5.64. The van der Waals surface area contributed by atoms with Crippen LogP contribution in [-0.4, -0.2) is 12.2 Å². The van der Waals surface area contributed by atoms with Crippen LogP contribution in [0.5, 0.6) is 11.5 Å². The molecule has 1 N–H and O–H groups in total. The predicted molar refractivity (Wildman–Crippen MR) is 138 cm³/mol. The molecule has 2 aromatic carbocycles. The third kappa shape index (κ3) is 5.46. The summed E-state index contributed by atoms with van der Waals surface area (Å²) in [6, 6.07) is 12.5. The van der Waals surface area contributed by atoms with E-state index < -0.39 is 0 Å². The first-order valence-corrected chi connectivity index (χ1v) is 12.1. The van der Waals surface area contributed by atoms with E-state index in [2.05, 4.69) is 78.8 Å². The molecule has 33 heavy (non-hydrogen) atoms. The summed E-state index contributed by atoms with van der Waals surface area (Å²) < 4.78 is 12.0. The number of hydrogen-bond acceptors (Lipinski definition) is 3. The monoisotopic (exact) mass is 448 g/mol. The predicted octanol–water partition coefficient (Wildman–Crippen LogP) is 8.44. The third-order valence-electron chi connectivity index (χ3n) is 6.40. The molecule has 0 heterocycles. The minimum atomic E-state index is -0.189. The van der Waals surface area contributed by atoms with Crippen molar-refractivity contribution in [2.45, 2.75) is 84.5 Å². The zero-order valence-electron chi connectivity index (χ0n) is 21.6. The number of aliphatic hydroxyl groups excluding tert-OH is 1. The van der Waals surface area contributed by atoms with Crippen LogP contribution >= 0.6 is 0 Å². The largest absolute Gasteiger partial charge is 0.497 e. The van der Waals surface area contributed by atoms with E-state index in [-0.39, 0.29) is 22.7 Å². The molecule has 0 aromatic heterocycles. The van der Waals surface area contributed by atoms with Crippen molar-refractivity contribution in [3.05, 3.63) is 76.2 Å². The van der Waals surface area contributed by atoms with E-state index in [4.69, 9.17) is 9.47 Å². The molecule has 0 radical (unpaired) electrons. The second-order valence-corrected chi connectivity index (χ2v) is 11.1. The van der Waals surface area contributed by atoms with Crippen LogP contribution in [0.1, 0.15) is 95.9 Å². The molecule has 0 spiro atoms. The molecular weight excluding hydrogens is 408 g/mol. The molecule has 0 unspecified atom stereocenters. The molecule has 1 atom stereocenters. The van der Waals surface area contributed by atoms with Crippen molar-refractivity contribution in [1.29, 1.82) is 0 Å². The lowest BCUT2D eigenvalue weighted by Crippen LogP contribution is -2.21. The fourth-order valence-electron chi connectivity index (χ4n) is 4.48. The van der Waals surface area contributed by atoms with Crippen LogP contribution in [0.25, 0.3) is 6.08 Å². The topological polar surface area (TPSA) is 38.7 Å². The van der Waals surface area contributed by atoms with Gasteiger partial charge in [0.05, 0.1) is 7.11 Å². The van der Waals surface area contributed by atoms with Crippen molar-refractivity contribution < 1.29 is 14.6 Å². The van der Waals surface area contributed by atoms with Gasteiger partial charge in [0, 0.05) is 22.6 Å². The maximum absolute atomic E-state index is 11.4. The number of unbranched alkanes of at least 4 members (excludes halogenated alkanes) is 1. The van der Waals surface area contributed by atoms with Gasteiger partial charge in [0.25, 0.3) is 5.95 Å². The zero-order chi connectivity index (χ0) is 24.4. The van der Waals surface area contributed by atoms with Gasteiger partial charge in [-0.2, -0.15) is 0 Å². The number of methoxy groups -OCH3 is 1. The Hall–Kier alpha value is -2.68. The van der Waals surface area contributed by atoms with Crippen LogP contribution in [-0.2, 0) is 10.8 Å². The minimum Gasteiger partial charge on any atom is -0.497 e. The van der Waals surface area contributed by atoms with Crippen LogP contribution in [0.15, 0.2) is 54.0 Å². The Labute approximate surface area is 200 Å². The summed E-state index contributed by atoms with van der Waals surface area (Å²) in [6.45, 7) is 15.2. The van der Waals surface area contributed by atoms with Gasteiger partial charge in [-0.25, -0.2) is 0 Å². The Balaban J connectivity index is 2.17. The van der Waals surface area contributed by atoms with Crippen molar-refractivity contribution >= 4 is 6.08 Å². The number of aliphatic hydroxyl groups is 1. The molecule has 178 valence electrons. The fraction of sp³-hybridized carbons (Fsp3) is 0.467. The second kappa shape index (κ2) is 9.67. The van der Waals surface area contributed by atoms with Gasteiger partial charge in [-0.3, -0.25) is 0 Å². The van der Waals surface area contributed by atoms with Gasteiger partial charge in [0.15, 0.2) is 0 Å². The summed E-state index contributed by atoms with van der Waals surface area (Å²) in [7, 11) is 1.69. The Bertz CT molecular complexity index is 1010. The number of rotatable bonds is 6. The molecule has 3 heteroatoms. The molecule has 0 amide bonds. The quantitative estimate of drug-likeness (QED) is 0.451. The van der Waals surface area contributed by atoms with Crippen molar-refractivity contribution in [2.75, 3.05) is 7.11 Å². The van der Waals surface area contributed by atoms with Gasteiger partial charge in [-0.05, 0) is 40.5 Å². The Kier molecular flexibility index (Phi) is 7.31. The minimum absolute atomic E-state index is 0.0111. The summed E-state index contributed by atoms with van der Waals surface area (Å²) in [5.41, 5.74) is 4.97. The van der Waals surface area contributed by atoms with Crippen molar-refractivity contribution in [3.8, 4) is 11.5 Å². The van der Waals surface area contributed by atoms with Crippen molar-refractivity contribution in [2.24, 2.45) is 0 Å². The molecule has 0 saturated heterocycles. The van der Waals surface area contributed by atoms with E-state index in [1.807, 2.05) is 18.2 Å². The van der Waals surface area contributed by atoms with Gasteiger partial charge in [0.2, 0.25) is 0 Å². The lowest BCUT2D eigenvalue weighted by Gasteiger charge is -2.31. The average molecular weight is 449 g/mol. The number of hydrogen-bond donors (Lipinski definition) is 1. The highest BCUT2D eigenvalue weighted by Gasteiger charge is 2.31. The summed E-state index contributed by atoms with van der Waals surface area (Å²) in [5.74, 6) is 1.63. The Morgan fingerprint density at radius 2 is 1.55 bits per heavy atom. The molecular formula is C30H40O3. The molecule has 0 fully saturated rings. The fourth-order valence-corrected chi connectivity index (χ4v) is 4.48. The van der Waals surface area contributed by atoms with Crippen LogP contribution in [0.2, 0.25) is 0 Å². The van der Waals surface area contributed by atoms with Crippen LogP contribution < -0.4 is 9.47 Å². The third-order valence-corrected chi connectivity index (χ3v) is 6.40. The highest BCUT2D eigenvalue weighted by Crippen LogP contribution is 2.45.